The highest BCUT2D eigenvalue weighted by Crippen LogP contribution is 2.44. The van der Waals surface area contributed by atoms with Crippen LogP contribution >= 0.6 is 11.6 Å². The second-order valence-corrected chi connectivity index (χ2v) is 7.49. The fraction of sp³-hybridized carbons (Fsp3) is 0.409. The molecule has 0 spiro atoms. The van der Waals surface area contributed by atoms with Crippen molar-refractivity contribution in [3.8, 4) is 5.75 Å². The Morgan fingerprint density at radius 3 is 2.42 bits per heavy atom. The molecule has 2 aromatic rings. The third kappa shape index (κ3) is 3.88. The van der Waals surface area contributed by atoms with Gasteiger partial charge < -0.3 is 10.1 Å². The maximum absolute atomic E-state index is 13.2. The molecular weight excluding hydrogens is 346 g/mol. The lowest BCUT2D eigenvalue weighted by atomic mass is 9.78. The lowest BCUT2D eigenvalue weighted by Gasteiger charge is -2.29. The van der Waals surface area contributed by atoms with Crippen LogP contribution in [-0.4, -0.2) is 12.0 Å². The first kappa shape index (κ1) is 18.8. The Morgan fingerprint density at radius 2 is 1.81 bits per heavy atom. The highest BCUT2D eigenvalue weighted by molar-refractivity contribution is 6.31. The molecule has 1 N–H and O–H groups in total. The lowest BCUT2D eigenvalue weighted by molar-refractivity contribution is -0.121. The van der Waals surface area contributed by atoms with Crippen LogP contribution in [0.1, 0.15) is 51.5 Å². The maximum atomic E-state index is 13.2. The van der Waals surface area contributed by atoms with E-state index in [1.54, 1.807) is 0 Å². The molecule has 3 rings (SSSR count). The lowest BCUT2D eigenvalue weighted by Crippen LogP contribution is -2.38. The van der Waals surface area contributed by atoms with Crippen molar-refractivity contribution in [2.75, 3.05) is 5.32 Å². The molecule has 138 valence electrons. The van der Waals surface area contributed by atoms with E-state index in [1.165, 1.54) is 0 Å². The van der Waals surface area contributed by atoms with Crippen LogP contribution in [0.25, 0.3) is 0 Å². The molecule has 1 saturated carbocycles. The van der Waals surface area contributed by atoms with Gasteiger partial charge in [-0.15, -0.1) is 0 Å². The van der Waals surface area contributed by atoms with Crippen LogP contribution in [0.2, 0.25) is 5.02 Å². The number of carbonyl (C=O) groups is 1. The van der Waals surface area contributed by atoms with Gasteiger partial charge in [-0.25, -0.2) is 0 Å². The first-order chi connectivity index (χ1) is 12.5. The third-order valence-electron chi connectivity index (χ3n) is 5.31. The van der Waals surface area contributed by atoms with Crippen LogP contribution < -0.4 is 10.1 Å². The van der Waals surface area contributed by atoms with E-state index < -0.39 is 5.41 Å². The summed E-state index contributed by atoms with van der Waals surface area (Å²) in [5.41, 5.74) is 1.18. The number of rotatable bonds is 6. The molecule has 1 fully saturated rings. The van der Waals surface area contributed by atoms with Gasteiger partial charge in [-0.3, -0.25) is 4.79 Å². The quantitative estimate of drug-likeness (QED) is 0.679. The molecule has 0 unspecified atom stereocenters. The number of ether oxygens (including phenoxy) is 1. The van der Waals surface area contributed by atoms with Gasteiger partial charge in [0.2, 0.25) is 5.91 Å². The van der Waals surface area contributed by atoms with Gasteiger partial charge in [-0.2, -0.15) is 0 Å². The van der Waals surface area contributed by atoms with E-state index in [0.717, 1.165) is 49.1 Å². The summed E-state index contributed by atoms with van der Waals surface area (Å²) in [6, 6.07) is 15.3. The Bertz CT molecular complexity index is 751. The normalized spacial score (nSPS) is 16.9. The van der Waals surface area contributed by atoms with Crippen molar-refractivity contribution >= 4 is 23.2 Å². The van der Waals surface area contributed by atoms with Gasteiger partial charge >= 0.3 is 0 Å². The molecule has 0 bridgehead atoms. The minimum absolute atomic E-state index is 0.0266. The Labute approximate surface area is 160 Å². The van der Waals surface area contributed by atoms with Crippen molar-refractivity contribution in [1.29, 1.82) is 0 Å². The van der Waals surface area contributed by atoms with Crippen LogP contribution in [0.3, 0.4) is 0 Å². The molecule has 1 amide bonds. The summed E-state index contributed by atoms with van der Waals surface area (Å²) < 4.78 is 5.80. The van der Waals surface area contributed by atoms with Gasteiger partial charge in [0, 0.05) is 10.7 Å². The highest BCUT2D eigenvalue weighted by atomic mass is 35.5. The summed E-state index contributed by atoms with van der Waals surface area (Å²) in [4.78, 5) is 13.2. The van der Waals surface area contributed by atoms with Gasteiger partial charge in [0.25, 0.3) is 0 Å². The van der Waals surface area contributed by atoms with Crippen molar-refractivity contribution in [3.05, 3.63) is 59.1 Å². The SMILES string of the molecule is CC[C@H](C)Oc1ccc(NC(=O)C2(c3ccccc3Cl)CCCC2)cc1. The molecular formula is C22H26ClNO2. The van der Waals surface area contributed by atoms with Crippen LogP contribution in [-0.2, 0) is 10.2 Å². The molecule has 4 heteroatoms. The van der Waals surface area contributed by atoms with E-state index in [0.29, 0.717) is 5.02 Å². The van der Waals surface area contributed by atoms with Gasteiger partial charge in [0.15, 0.2) is 0 Å². The fourth-order valence-electron chi connectivity index (χ4n) is 3.63. The third-order valence-corrected chi connectivity index (χ3v) is 5.64. The first-order valence-corrected chi connectivity index (χ1v) is 9.76. The predicted molar refractivity (Wildman–Crippen MR) is 107 cm³/mol. The number of hydrogen-bond acceptors (Lipinski definition) is 2. The van der Waals surface area contributed by atoms with Crippen molar-refractivity contribution in [2.24, 2.45) is 0 Å². The zero-order chi connectivity index (χ0) is 18.6. The number of benzene rings is 2. The molecule has 1 aliphatic rings. The molecule has 26 heavy (non-hydrogen) atoms. The van der Waals surface area contributed by atoms with Crippen molar-refractivity contribution in [1.82, 2.24) is 0 Å². The minimum Gasteiger partial charge on any atom is -0.491 e. The van der Waals surface area contributed by atoms with Crippen LogP contribution in [0.5, 0.6) is 5.75 Å². The molecule has 3 nitrogen and oxygen atoms in total. The van der Waals surface area contributed by atoms with Crippen LogP contribution in [0.15, 0.2) is 48.5 Å². The largest absolute Gasteiger partial charge is 0.491 e. The number of hydrogen-bond donors (Lipinski definition) is 1. The van der Waals surface area contributed by atoms with Crippen molar-refractivity contribution in [3.63, 3.8) is 0 Å². The van der Waals surface area contributed by atoms with Crippen molar-refractivity contribution < 1.29 is 9.53 Å². The summed E-state index contributed by atoms with van der Waals surface area (Å²) in [5.74, 6) is 0.845. The smallest absolute Gasteiger partial charge is 0.235 e. The second kappa shape index (κ2) is 8.13. The topological polar surface area (TPSA) is 38.3 Å². The van der Waals surface area contributed by atoms with Crippen molar-refractivity contribution in [2.45, 2.75) is 57.5 Å². The average molecular weight is 372 g/mol. The maximum Gasteiger partial charge on any atom is 0.235 e. The molecule has 0 aromatic heterocycles. The monoisotopic (exact) mass is 371 g/mol. The molecule has 1 aliphatic carbocycles. The van der Waals surface area contributed by atoms with E-state index in [9.17, 15) is 4.79 Å². The summed E-state index contributed by atoms with van der Waals surface area (Å²) >= 11 is 6.43. The standard InChI is InChI=1S/C22H26ClNO2/c1-3-16(2)26-18-12-10-17(11-13-18)24-21(25)22(14-6-7-15-22)19-8-4-5-9-20(19)23/h4-5,8-13,16H,3,6-7,14-15H2,1-2H3,(H,24,25)/t16-/m0/s1. The zero-order valence-electron chi connectivity index (χ0n) is 15.4. The Balaban J connectivity index is 1.78. The summed E-state index contributed by atoms with van der Waals surface area (Å²) in [6.07, 6.45) is 4.88. The summed E-state index contributed by atoms with van der Waals surface area (Å²) in [5, 5.41) is 3.76. The van der Waals surface area contributed by atoms with E-state index >= 15 is 0 Å². The van der Waals surface area contributed by atoms with E-state index in [-0.39, 0.29) is 12.0 Å². The Hall–Kier alpha value is -2.00. The molecule has 0 radical (unpaired) electrons. The van der Waals surface area contributed by atoms with Crippen LogP contribution in [0, 0.1) is 0 Å². The van der Waals surface area contributed by atoms with Gasteiger partial charge in [-0.05, 0) is 62.1 Å². The number of anilines is 1. The summed E-state index contributed by atoms with van der Waals surface area (Å²) in [7, 11) is 0. The highest BCUT2D eigenvalue weighted by Gasteiger charge is 2.43. The fourth-order valence-corrected chi connectivity index (χ4v) is 3.95. The minimum atomic E-state index is -0.537. The number of halogens is 1. The van der Waals surface area contributed by atoms with Crippen LogP contribution in [0.4, 0.5) is 5.69 Å². The number of nitrogens with one attached hydrogen (secondary N) is 1. The van der Waals surface area contributed by atoms with Gasteiger partial charge in [0.1, 0.15) is 5.75 Å². The Morgan fingerprint density at radius 1 is 1.15 bits per heavy atom. The van der Waals surface area contributed by atoms with E-state index in [4.69, 9.17) is 16.3 Å². The van der Waals surface area contributed by atoms with E-state index in [2.05, 4.69) is 12.2 Å². The molecule has 0 heterocycles. The summed E-state index contributed by atoms with van der Waals surface area (Å²) in [6.45, 7) is 4.14. The van der Waals surface area contributed by atoms with Gasteiger partial charge in [-0.1, -0.05) is 49.6 Å². The van der Waals surface area contributed by atoms with E-state index in [1.807, 2.05) is 55.5 Å². The zero-order valence-corrected chi connectivity index (χ0v) is 16.2. The average Bonchev–Trinajstić information content (AvgIpc) is 3.14. The first-order valence-electron chi connectivity index (χ1n) is 9.38. The molecule has 1 atom stereocenters. The second-order valence-electron chi connectivity index (χ2n) is 7.08. The number of carbonyl (C=O) groups excluding carboxylic acids is 1. The Kier molecular flexibility index (Phi) is 5.87. The predicted octanol–water partition coefficient (Wildman–Crippen LogP) is 5.97. The molecule has 0 aliphatic heterocycles. The molecule has 0 saturated heterocycles. The van der Waals surface area contributed by atoms with Gasteiger partial charge in [0.05, 0.1) is 11.5 Å². The molecule has 2 aromatic carbocycles. The number of amides is 1.